The lowest BCUT2D eigenvalue weighted by atomic mass is 9.98. The zero-order chi connectivity index (χ0) is 33.7. The number of carbonyl (C=O) groups excluding carboxylic acids is 1. The standard InChI is InChI=1S/C40H46N2O6/c1-42(26-29-10-4-2-5-11-29)27-36-24-37(32-20-18-30(28-43)19-21-32)48-40(47-36)35-15-9-14-34(23-35)33-13-8-12-31(22-33)25-41-38(44)16-6-3-7-17-39(45)46/h2,4-5,8-15,18-23,36-37,40,43H,3,6-7,16-17,24-28H2,1H3,(H,41,44)(H,45,46)/t36-,37+,40+/m1/s1. The Morgan fingerprint density at radius 1 is 0.771 bits per heavy atom. The van der Waals surface area contributed by atoms with E-state index < -0.39 is 12.3 Å². The van der Waals surface area contributed by atoms with Gasteiger partial charge >= 0.3 is 5.97 Å². The van der Waals surface area contributed by atoms with E-state index in [1.807, 2.05) is 54.6 Å². The molecule has 8 heteroatoms. The van der Waals surface area contributed by atoms with Crippen LogP contribution in [0, 0.1) is 0 Å². The van der Waals surface area contributed by atoms with E-state index in [0.29, 0.717) is 32.2 Å². The van der Waals surface area contributed by atoms with Crippen LogP contribution < -0.4 is 5.32 Å². The summed E-state index contributed by atoms with van der Waals surface area (Å²) < 4.78 is 13.3. The summed E-state index contributed by atoms with van der Waals surface area (Å²) in [6, 6.07) is 34.7. The number of nitrogens with one attached hydrogen (secondary N) is 1. The van der Waals surface area contributed by atoms with Crippen molar-refractivity contribution in [1.29, 1.82) is 0 Å². The van der Waals surface area contributed by atoms with Gasteiger partial charge in [0.2, 0.25) is 5.91 Å². The molecule has 0 spiro atoms. The summed E-state index contributed by atoms with van der Waals surface area (Å²) >= 11 is 0. The molecule has 0 aliphatic carbocycles. The molecule has 1 aliphatic heterocycles. The molecule has 0 bridgehead atoms. The molecule has 4 aromatic rings. The van der Waals surface area contributed by atoms with Crippen LogP contribution in [0.15, 0.2) is 103 Å². The van der Waals surface area contributed by atoms with Crippen molar-refractivity contribution in [3.63, 3.8) is 0 Å². The van der Waals surface area contributed by atoms with Crippen molar-refractivity contribution in [3.8, 4) is 11.1 Å². The maximum Gasteiger partial charge on any atom is 0.303 e. The molecule has 1 fully saturated rings. The Morgan fingerprint density at radius 3 is 2.23 bits per heavy atom. The van der Waals surface area contributed by atoms with Gasteiger partial charge in [0.25, 0.3) is 0 Å². The topological polar surface area (TPSA) is 108 Å². The second-order valence-corrected chi connectivity index (χ2v) is 12.6. The van der Waals surface area contributed by atoms with Gasteiger partial charge in [-0.15, -0.1) is 0 Å². The van der Waals surface area contributed by atoms with Gasteiger partial charge < -0.3 is 25.0 Å². The van der Waals surface area contributed by atoms with E-state index in [1.165, 1.54) is 5.56 Å². The lowest BCUT2D eigenvalue weighted by Gasteiger charge is -2.38. The summed E-state index contributed by atoms with van der Waals surface area (Å²) in [4.78, 5) is 25.3. The number of ether oxygens (including phenoxy) is 2. The Hall–Kier alpha value is -4.34. The summed E-state index contributed by atoms with van der Waals surface area (Å²) in [5.74, 6) is -0.835. The van der Waals surface area contributed by atoms with Crippen LogP contribution in [0.5, 0.6) is 0 Å². The first-order chi connectivity index (χ1) is 23.4. The van der Waals surface area contributed by atoms with Crippen LogP contribution in [0.4, 0.5) is 0 Å². The van der Waals surface area contributed by atoms with E-state index in [-0.39, 0.29) is 31.1 Å². The summed E-state index contributed by atoms with van der Waals surface area (Å²) in [5.41, 5.74) is 7.16. The molecule has 0 unspecified atom stereocenters. The number of hydrogen-bond acceptors (Lipinski definition) is 6. The molecular formula is C40H46N2O6. The minimum Gasteiger partial charge on any atom is -0.481 e. The Morgan fingerprint density at radius 2 is 1.48 bits per heavy atom. The highest BCUT2D eigenvalue weighted by Crippen LogP contribution is 2.39. The third-order valence-electron chi connectivity index (χ3n) is 8.63. The lowest BCUT2D eigenvalue weighted by Crippen LogP contribution is -2.37. The van der Waals surface area contributed by atoms with E-state index in [2.05, 4.69) is 65.8 Å². The van der Waals surface area contributed by atoms with E-state index >= 15 is 0 Å². The predicted octanol–water partition coefficient (Wildman–Crippen LogP) is 7.17. The number of benzene rings is 4. The Bertz CT molecular complexity index is 1610. The highest BCUT2D eigenvalue weighted by atomic mass is 16.7. The maximum atomic E-state index is 12.4. The van der Waals surface area contributed by atoms with Crippen LogP contribution in [0.3, 0.4) is 0 Å². The third kappa shape index (κ3) is 10.6. The minimum atomic E-state index is -0.801. The number of aliphatic hydroxyl groups excluding tert-OH is 1. The first-order valence-electron chi connectivity index (χ1n) is 16.8. The highest BCUT2D eigenvalue weighted by Gasteiger charge is 2.33. The van der Waals surface area contributed by atoms with Gasteiger partial charge in [-0.2, -0.15) is 0 Å². The number of rotatable bonds is 16. The highest BCUT2D eigenvalue weighted by molar-refractivity contribution is 5.76. The molecule has 1 saturated heterocycles. The van der Waals surface area contributed by atoms with Crippen LogP contribution in [0.1, 0.15) is 78.7 Å². The van der Waals surface area contributed by atoms with Crippen LogP contribution in [-0.4, -0.2) is 46.7 Å². The van der Waals surface area contributed by atoms with Gasteiger partial charge in [-0.3, -0.25) is 14.5 Å². The number of aliphatic carboxylic acids is 1. The Balaban J connectivity index is 1.26. The average Bonchev–Trinajstić information content (AvgIpc) is 3.11. The molecule has 1 amide bonds. The van der Waals surface area contributed by atoms with Crippen LogP contribution >= 0.6 is 0 Å². The van der Waals surface area contributed by atoms with Crippen molar-refractivity contribution in [2.45, 2.75) is 76.7 Å². The number of hydrogen-bond donors (Lipinski definition) is 3. The number of carboxylic acid groups (broad SMARTS) is 1. The molecule has 0 aromatic heterocycles. The van der Waals surface area contributed by atoms with Gasteiger partial charge in [-0.25, -0.2) is 0 Å². The van der Waals surface area contributed by atoms with Gasteiger partial charge in [0.1, 0.15) is 0 Å². The van der Waals surface area contributed by atoms with Crippen LogP contribution in [0.25, 0.3) is 11.1 Å². The molecule has 252 valence electrons. The molecule has 8 nitrogen and oxygen atoms in total. The number of unbranched alkanes of at least 4 members (excludes halogenated alkanes) is 2. The monoisotopic (exact) mass is 650 g/mol. The van der Waals surface area contributed by atoms with Crippen molar-refractivity contribution in [2.24, 2.45) is 0 Å². The van der Waals surface area contributed by atoms with Gasteiger partial charge in [-0.05, 0) is 65.4 Å². The average molecular weight is 651 g/mol. The van der Waals surface area contributed by atoms with Crippen molar-refractivity contribution in [1.82, 2.24) is 10.2 Å². The zero-order valence-corrected chi connectivity index (χ0v) is 27.6. The zero-order valence-electron chi connectivity index (χ0n) is 27.6. The fourth-order valence-electron chi connectivity index (χ4n) is 6.09. The normalized spacial score (nSPS) is 17.7. The number of aliphatic hydroxyl groups is 1. The molecule has 5 rings (SSSR count). The summed E-state index contributed by atoms with van der Waals surface area (Å²) in [5, 5.41) is 21.3. The van der Waals surface area contributed by atoms with Crippen LogP contribution in [-0.2, 0) is 38.8 Å². The van der Waals surface area contributed by atoms with Gasteiger partial charge in [0.15, 0.2) is 6.29 Å². The molecule has 1 heterocycles. The first kappa shape index (κ1) is 35.0. The largest absolute Gasteiger partial charge is 0.481 e. The van der Waals surface area contributed by atoms with Crippen molar-refractivity contribution in [2.75, 3.05) is 13.6 Å². The SMILES string of the molecule is CN(Cc1ccccc1)C[C@H]1C[C@@H](c2ccc(CO)cc2)O[C@@H](c2cccc(-c3cccc(CNC(=O)CCCCCC(=O)O)c3)c2)O1. The molecule has 1 aliphatic rings. The summed E-state index contributed by atoms with van der Waals surface area (Å²) in [6.07, 6.45) is 2.44. The summed E-state index contributed by atoms with van der Waals surface area (Å²) in [6.45, 7) is 1.99. The molecule has 48 heavy (non-hydrogen) atoms. The number of likely N-dealkylation sites (N-methyl/N-ethyl adjacent to an activating group) is 1. The smallest absolute Gasteiger partial charge is 0.303 e. The minimum absolute atomic E-state index is 0.000983. The third-order valence-corrected chi connectivity index (χ3v) is 8.63. The van der Waals surface area contributed by atoms with Gasteiger partial charge in [0, 0.05) is 44.5 Å². The van der Waals surface area contributed by atoms with Gasteiger partial charge in [0.05, 0.1) is 18.8 Å². The number of amides is 1. The maximum absolute atomic E-state index is 12.4. The van der Waals surface area contributed by atoms with Crippen molar-refractivity contribution in [3.05, 3.63) is 131 Å². The van der Waals surface area contributed by atoms with E-state index in [1.54, 1.807) is 0 Å². The van der Waals surface area contributed by atoms with Gasteiger partial charge in [-0.1, -0.05) is 97.4 Å². The van der Waals surface area contributed by atoms with E-state index in [0.717, 1.165) is 52.9 Å². The number of carbonyl (C=O) groups is 2. The second kappa shape index (κ2) is 17.7. The van der Waals surface area contributed by atoms with E-state index in [4.69, 9.17) is 14.6 Å². The van der Waals surface area contributed by atoms with Crippen molar-refractivity contribution < 1.29 is 29.3 Å². The Labute approximate surface area is 283 Å². The summed E-state index contributed by atoms with van der Waals surface area (Å²) in [7, 11) is 2.12. The molecule has 0 saturated carbocycles. The number of nitrogens with zero attached hydrogens (tertiary/aromatic N) is 1. The quantitative estimate of drug-likeness (QED) is 0.110. The molecular weight excluding hydrogens is 604 g/mol. The first-order valence-corrected chi connectivity index (χ1v) is 16.8. The van der Waals surface area contributed by atoms with Crippen LogP contribution in [0.2, 0.25) is 0 Å². The molecule has 0 radical (unpaired) electrons. The van der Waals surface area contributed by atoms with E-state index in [9.17, 15) is 14.7 Å². The second-order valence-electron chi connectivity index (χ2n) is 12.6. The Kier molecular flexibility index (Phi) is 12.9. The van der Waals surface area contributed by atoms with Crippen molar-refractivity contribution >= 4 is 11.9 Å². The number of carboxylic acids is 1. The predicted molar refractivity (Wildman–Crippen MR) is 186 cm³/mol. The molecule has 3 atom stereocenters. The molecule has 3 N–H and O–H groups in total. The fraction of sp³-hybridized carbons (Fsp3) is 0.350. The fourth-order valence-corrected chi connectivity index (χ4v) is 6.09. The lowest BCUT2D eigenvalue weighted by molar-refractivity contribution is -0.252. The molecule has 4 aromatic carbocycles.